The van der Waals surface area contributed by atoms with Gasteiger partial charge in [0.2, 0.25) is 18.0 Å². The van der Waals surface area contributed by atoms with Gasteiger partial charge in [-0.2, -0.15) is 0 Å². The molecule has 192 valence electrons. The molecular formula is C29H32N4O4. The number of benzene rings is 2. The minimum atomic E-state index is -1.11. The largest absolute Gasteiger partial charge is 0.490 e. The normalized spacial score (nSPS) is 22.2. The fourth-order valence-corrected chi connectivity index (χ4v) is 5.61. The van der Waals surface area contributed by atoms with Gasteiger partial charge < -0.3 is 20.7 Å². The molecule has 2 fully saturated rings. The van der Waals surface area contributed by atoms with Crippen LogP contribution < -0.4 is 20.7 Å². The lowest BCUT2D eigenvalue weighted by atomic mass is 9.82. The highest BCUT2D eigenvalue weighted by Crippen LogP contribution is 2.43. The lowest BCUT2D eigenvalue weighted by molar-refractivity contribution is -0.136. The predicted molar refractivity (Wildman–Crippen MR) is 139 cm³/mol. The number of aliphatic imine (C=N–C) groups is 1. The van der Waals surface area contributed by atoms with Crippen molar-refractivity contribution < 1.29 is 19.1 Å². The molecule has 2 aromatic rings. The lowest BCUT2D eigenvalue weighted by Crippen LogP contribution is -2.52. The van der Waals surface area contributed by atoms with Crippen molar-refractivity contribution in [1.29, 1.82) is 0 Å². The molecule has 2 saturated carbocycles. The van der Waals surface area contributed by atoms with E-state index in [0.717, 1.165) is 36.8 Å². The van der Waals surface area contributed by atoms with Crippen LogP contribution in [0, 0.1) is 23.7 Å². The molecule has 3 atom stereocenters. The highest BCUT2D eigenvalue weighted by molar-refractivity contribution is 6.21. The number of hydrogen-bond donors (Lipinski definition) is 2. The summed E-state index contributed by atoms with van der Waals surface area (Å²) in [5.41, 5.74) is 8.74. The standard InChI is InChI=1S/C29H32N4O4/c30-26(34)21(15-17-9-10-17)22(16-18-11-12-18)28(35)32-27-29(36)33-13-14-37-23-8-4-7-20(25(23)33)24(31-27)19-5-2-1-3-6-19/h1-8,17-18,21-22,27H,9-16H2,(H2,30,34)(H,32,35)/t21-,22+,27+/m0/s1. The molecule has 8 nitrogen and oxygen atoms in total. The van der Waals surface area contributed by atoms with Gasteiger partial charge >= 0.3 is 0 Å². The molecule has 0 radical (unpaired) electrons. The second kappa shape index (κ2) is 9.65. The van der Waals surface area contributed by atoms with Crippen LogP contribution in [0.2, 0.25) is 0 Å². The zero-order valence-electron chi connectivity index (χ0n) is 20.8. The Morgan fingerprint density at radius 2 is 1.70 bits per heavy atom. The number of carbonyl (C=O) groups excluding carboxylic acids is 3. The van der Waals surface area contributed by atoms with Gasteiger partial charge in [-0.05, 0) is 30.7 Å². The SMILES string of the molecule is NC(=O)[C@@H](CC1CC1)[C@@H](CC1CC1)C(=O)N[C@H]1N=C(c2ccccc2)c2cccc3c2N(CCO3)C1=O. The molecule has 0 bridgehead atoms. The minimum Gasteiger partial charge on any atom is -0.490 e. The Balaban J connectivity index is 1.36. The summed E-state index contributed by atoms with van der Waals surface area (Å²) < 4.78 is 5.88. The van der Waals surface area contributed by atoms with E-state index < -0.39 is 23.9 Å². The number of ether oxygens (including phenoxy) is 1. The zero-order chi connectivity index (χ0) is 25.5. The molecule has 0 aromatic heterocycles. The first kappa shape index (κ1) is 23.7. The van der Waals surface area contributed by atoms with Crippen molar-refractivity contribution in [2.24, 2.45) is 34.4 Å². The molecule has 0 unspecified atom stereocenters. The van der Waals surface area contributed by atoms with E-state index >= 15 is 0 Å². The van der Waals surface area contributed by atoms with Crippen molar-refractivity contribution in [3.05, 3.63) is 59.7 Å². The Morgan fingerprint density at radius 1 is 1.00 bits per heavy atom. The monoisotopic (exact) mass is 500 g/mol. The van der Waals surface area contributed by atoms with E-state index in [2.05, 4.69) is 5.32 Å². The second-order valence-corrected chi connectivity index (χ2v) is 10.7. The van der Waals surface area contributed by atoms with Crippen molar-refractivity contribution in [1.82, 2.24) is 5.32 Å². The van der Waals surface area contributed by atoms with Crippen LogP contribution in [-0.4, -0.2) is 42.8 Å². The summed E-state index contributed by atoms with van der Waals surface area (Å²) in [6.07, 6.45) is 4.40. The third-order valence-corrected chi connectivity index (χ3v) is 7.94. The minimum absolute atomic E-state index is 0.306. The summed E-state index contributed by atoms with van der Waals surface area (Å²) in [6.45, 7) is 0.725. The van der Waals surface area contributed by atoms with Crippen LogP contribution >= 0.6 is 0 Å². The van der Waals surface area contributed by atoms with Crippen LogP contribution in [0.5, 0.6) is 5.75 Å². The number of carbonyl (C=O) groups is 3. The Bertz CT molecular complexity index is 1250. The van der Waals surface area contributed by atoms with Gasteiger partial charge in [0, 0.05) is 23.0 Å². The molecule has 2 aliphatic carbocycles. The number of rotatable bonds is 9. The van der Waals surface area contributed by atoms with Crippen LogP contribution in [0.4, 0.5) is 5.69 Å². The Labute approximate surface area is 216 Å². The number of nitrogens with zero attached hydrogens (tertiary/aromatic N) is 2. The van der Waals surface area contributed by atoms with E-state index in [0.29, 0.717) is 55.0 Å². The Morgan fingerprint density at radius 3 is 2.38 bits per heavy atom. The lowest BCUT2D eigenvalue weighted by Gasteiger charge is -2.31. The van der Waals surface area contributed by atoms with E-state index in [9.17, 15) is 14.4 Å². The maximum absolute atomic E-state index is 13.8. The number of nitrogens with one attached hydrogen (secondary N) is 1. The molecule has 0 saturated heterocycles. The number of hydrogen-bond acceptors (Lipinski definition) is 5. The molecule has 2 aromatic carbocycles. The summed E-state index contributed by atoms with van der Waals surface area (Å²) in [7, 11) is 0. The fraction of sp³-hybridized carbons (Fsp3) is 0.448. The molecule has 0 spiro atoms. The van der Waals surface area contributed by atoms with Crippen molar-refractivity contribution in [3.63, 3.8) is 0 Å². The van der Waals surface area contributed by atoms with Gasteiger partial charge in [-0.1, -0.05) is 68.1 Å². The number of para-hydroxylation sites is 1. The summed E-state index contributed by atoms with van der Waals surface area (Å²) >= 11 is 0. The molecule has 3 N–H and O–H groups in total. The first-order valence-corrected chi connectivity index (χ1v) is 13.3. The molecule has 2 heterocycles. The van der Waals surface area contributed by atoms with E-state index in [-0.39, 0.29) is 11.8 Å². The fourth-order valence-electron chi connectivity index (χ4n) is 5.61. The average Bonchev–Trinajstić information content (AvgIpc) is 3.83. The zero-order valence-corrected chi connectivity index (χ0v) is 20.8. The second-order valence-electron chi connectivity index (χ2n) is 10.7. The molecular weight excluding hydrogens is 468 g/mol. The summed E-state index contributed by atoms with van der Waals surface area (Å²) in [6, 6.07) is 15.3. The van der Waals surface area contributed by atoms with Crippen molar-refractivity contribution >= 4 is 29.1 Å². The number of amides is 3. The molecule has 6 rings (SSSR count). The van der Waals surface area contributed by atoms with Crippen molar-refractivity contribution in [2.45, 2.75) is 44.7 Å². The van der Waals surface area contributed by atoms with E-state index in [1.54, 1.807) is 4.90 Å². The van der Waals surface area contributed by atoms with Gasteiger partial charge in [-0.25, -0.2) is 4.99 Å². The van der Waals surface area contributed by atoms with Crippen molar-refractivity contribution in [3.8, 4) is 5.75 Å². The third kappa shape index (κ3) is 4.84. The first-order valence-electron chi connectivity index (χ1n) is 13.3. The Kier molecular flexibility index (Phi) is 6.18. The summed E-state index contributed by atoms with van der Waals surface area (Å²) in [5, 5.41) is 2.95. The van der Waals surface area contributed by atoms with Gasteiger partial charge in [-0.3, -0.25) is 14.4 Å². The van der Waals surface area contributed by atoms with E-state index in [1.807, 2.05) is 48.5 Å². The number of nitrogens with two attached hydrogens (primary N) is 1. The van der Waals surface area contributed by atoms with Crippen LogP contribution in [0.1, 0.15) is 49.7 Å². The third-order valence-electron chi connectivity index (χ3n) is 7.94. The summed E-state index contributed by atoms with van der Waals surface area (Å²) in [5.74, 6) is -0.634. The van der Waals surface area contributed by atoms with Gasteiger partial charge in [-0.15, -0.1) is 0 Å². The molecule has 3 amide bonds. The maximum atomic E-state index is 13.8. The topological polar surface area (TPSA) is 114 Å². The molecule has 2 aliphatic heterocycles. The first-order chi connectivity index (χ1) is 18.0. The Hall–Kier alpha value is -3.68. The van der Waals surface area contributed by atoms with Crippen LogP contribution in [0.25, 0.3) is 0 Å². The average molecular weight is 501 g/mol. The van der Waals surface area contributed by atoms with Gasteiger partial charge in [0.15, 0.2) is 0 Å². The molecule has 37 heavy (non-hydrogen) atoms. The van der Waals surface area contributed by atoms with Gasteiger partial charge in [0.1, 0.15) is 12.4 Å². The number of anilines is 1. The predicted octanol–water partition coefficient (Wildman–Crippen LogP) is 3.02. The van der Waals surface area contributed by atoms with Gasteiger partial charge in [0.05, 0.1) is 17.9 Å². The van der Waals surface area contributed by atoms with Crippen LogP contribution in [-0.2, 0) is 14.4 Å². The highest BCUT2D eigenvalue weighted by Gasteiger charge is 2.42. The van der Waals surface area contributed by atoms with E-state index in [4.69, 9.17) is 15.5 Å². The molecule has 8 heteroatoms. The number of primary amides is 1. The highest BCUT2D eigenvalue weighted by atomic mass is 16.5. The maximum Gasteiger partial charge on any atom is 0.272 e. The van der Waals surface area contributed by atoms with Crippen molar-refractivity contribution in [2.75, 3.05) is 18.1 Å². The molecule has 4 aliphatic rings. The smallest absolute Gasteiger partial charge is 0.272 e. The van der Waals surface area contributed by atoms with Crippen LogP contribution in [0.3, 0.4) is 0 Å². The quantitative estimate of drug-likeness (QED) is 0.551. The van der Waals surface area contributed by atoms with E-state index in [1.165, 1.54) is 0 Å². The van der Waals surface area contributed by atoms with Gasteiger partial charge in [0.25, 0.3) is 5.91 Å². The summed E-state index contributed by atoms with van der Waals surface area (Å²) in [4.78, 5) is 46.6. The van der Waals surface area contributed by atoms with Crippen LogP contribution in [0.15, 0.2) is 53.5 Å².